The molecule has 2 atom stereocenters. The highest BCUT2D eigenvalue weighted by atomic mass is 15.1. The van der Waals surface area contributed by atoms with Gasteiger partial charge in [-0.15, -0.1) is 0 Å². The highest BCUT2D eigenvalue weighted by Crippen LogP contribution is 2.15. The molecule has 0 aromatic heterocycles. The Bertz CT molecular complexity index is 174. The van der Waals surface area contributed by atoms with Crippen molar-refractivity contribution in [1.82, 2.24) is 10.2 Å². The highest BCUT2D eigenvalue weighted by Gasteiger charge is 2.23. The van der Waals surface area contributed by atoms with E-state index in [1.54, 1.807) is 0 Å². The van der Waals surface area contributed by atoms with Crippen LogP contribution in [0, 0.1) is 0 Å². The van der Waals surface area contributed by atoms with Gasteiger partial charge in [-0.2, -0.15) is 0 Å². The molecule has 1 saturated heterocycles. The van der Waals surface area contributed by atoms with Crippen LogP contribution in [0.2, 0.25) is 0 Å². The van der Waals surface area contributed by atoms with Crippen molar-refractivity contribution < 1.29 is 0 Å². The van der Waals surface area contributed by atoms with E-state index in [4.69, 9.17) is 5.73 Å². The maximum atomic E-state index is 5.94. The van der Waals surface area contributed by atoms with Crippen LogP contribution in [-0.4, -0.2) is 42.7 Å². The van der Waals surface area contributed by atoms with Gasteiger partial charge in [0.15, 0.2) is 0 Å². The molecule has 1 heterocycles. The normalized spacial score (nSPS) is 30.6. The van der Waals surface area contributed by atoms with Gasteiger partial charge >= 0.3 is 0 Å². The topological polar surface area (TPSA) is 41.3 Å². The number of likely N-dealkylation sites (tertiary alicyclic amines) is 1. The first-order valence-electron chi connectivity index (χ1n) is 5.61. The van der Waals surface area contributed by atoms with Crippen molar-refractivity contribution in [2.24, 2.45) is 5.73 Å². The fourth-order valence-electron chi connectivity index (χ4n) is 1.88. The Kier molecular flexibility index (Phi) is 3.93. The predicted octanol–water partition coefficient (Wildman–Crippen LogP) is 0.796. The van der Waals surface area contributed by atoms with Crippen molar-refractivity contribution in [2.75, 3.05) is 20.1 Å². The van der Waals surface area contributed by atoms with Crippen LogP contribution >= 0.6 is 0 Å². The van der Waals surface area contributed by atoms with Gasteiger partial charge in [-0.05, 0) is 47.2 Å². The third kappa shape index (κ3) is 3.95. The summed E-state index contributed by atoms with van der Waals surface area (Å²) in [6, 6.07) is 1.35. The van der Waals surface area contributed by atoms with Crippen molar-refractivity contribution in [1.29, 1.82) is 0 Å². The standard InChI is InChI=1S/C11H25N3/c1-9-7-10(5-6-14(9)4)13-8-11(2,3)12/h9-10,13H,5-8,12H2,1-4H3. The molecular weight excluding hydrogens is 174 g/mol. The van der Waals surface area contributed by atoms with Gasteiger partial charge in [0.25, 0.3) is 0 Å². The molecule has 0 bridgehead atoms. The number of nitrogens with one attached hydrogen (secondary N) is 1. The van der Waals surface area contributed by atoms with E-state index in [1.807, 2.05) is 0 Å². The zero-order valence-electron chi connectivity index (χ0n) is 10.0. The summed E-state index contributed by atoms with van der Waals surface area (Å²) >= 11 is 0. The molecule has 84 valence electrons. The van der Waals surface area contributed by atoms with Crippen LogP contribution in [0.4, 0.5) is 0 Å². The summed E-state index contributed by atoms with van der Waals surface area (Å²) in [4.78, 5) is 2.42. The van der Waals surface area contributed by atoms with Crippen molar-refractivity contribution in [2.45, 2.75) is 51.2 Å². The quantitative estimate of drug-likeness (QED) is 0.706. The molecule has 0 aromatic carbocycles. The van der Waals surface area contributed by atoms with E-state index in [1.165, 1.54) is 19.4 Å². The van der Waals surface area contributed by atoms with Gasteiger partial charge in [0.05, 0.1) is 0 Å². The number of piperidine rings is 1. The first kappa shape index (κ1) is 12.0. The zero-order valence-corrected chi connectivity index (χ0v) is 10.0. The second kappa shape index (κ2) is 4.60. The number of nitrogens with two attached hydrogens (primary N) is 1. The van der Waals surface area contributed by atoms with Gasteiger partial charge in [0, 0.05) is 24.2 Å². The minimum absolute atomic E-state index is 0.0907. The molecule has 1 rings (SSSR count). The summed E-state index contributed by atoms with van der Waals surface area (Å²) < 4.78 is 0. The second-order valence-electron chi connectivity index (χ2n) is 5.42. The molecule has 0 saturated carbocycles. The Balaban J connectivity index is 2.27. The number of nitrogens with zero attached hydrogens (tertiary/aromatic N) is 1. The van der Waals surface area contributed by atoms with Crippen LogP contribution in [0.15, 0.2) is 0 Å². The van der Waals surface area contributed by atoms with Crippen molar-refractivity contribution in [3.05, 3.63) is 0 Å². The molecule has 1 aliphatic heterocycles. The van der Waals surface area contributed by atoms with E-state index >= 15 is 0 Å². The summed E-state index contributed by atoms with van der Waals surface area (Å²) in [5.41, 5.74) is 5.85. The lowest BCUT2D eigenvalue weighted by molar-refractivity contribution is 0.165. The van der Waals surface area contributed by atoms with E-state index in [-0.39, 0.29) is 5.54 Å². The molecule has 2 unspecified atom stereocenters. The zero-order chi connectivity index (χ0) is 10.8. The predicted molar refractivity (Wildman–Crippen MR) is 61.4 cm³/mol. The van der Waals surface area contributed by atoms with Gasteiger partial charge in [-0.25, -0.2) is 0 Å². The summed E-state index contributed by atoms with van der Waals surface area (Å²) in [6.07, 6.45) is 2.49. The first-order valence-corrected chi connectivity index (χ1v) is 5.61. The van der Waals surface area contributed by atoms with E-state index in [0.717, 1.165) is 6.54 Å². The monoisotopic (exact) mass is 199 g/mol. The lowest BCUT2D eigenvalue weighted by Gasteiger charge is -2.36. The summed E-state index contributed by atoms with van der Waals surface area (Å²) in [7, 11) is 2.20. The Labute approximate surface area is 88.0 Å². The van der Waals surface area contributed by atoms with E-state index in [9.17, 15) is 0 Å². The largest absolute Gasteiger partial charge is 0.324 e. The molecular formula is C11H25N3. The molecule has 3 N–H and O–H groups in total. The van der Waals surface area contributed by atoms with Crippen LogP contribution in [0.25, 0.3) is 0 Å². The maximum Gasteiger partial charge on any atom is 0.0223 e. The Hall–Kier alpha value is -0.120. The first-order chi connectivity index (χ1) is 6.38. The van der Waals surface area contributed by atoms with Crippen LogP contribution < -0.4 is 11.1 Å². The summed E-state index contributed by atoms with van der Waals surface area (Å²) in [6.45, 7) is 8.54. The number of rotatable bonds is 3. The average molecular weight is 199 g/mol. The SMILES string of the molecule is CC1CC(NCC(C)(C)N)CCN1C. The maximum absolute atomic E-state index is 5.94. The Morgan fingerprint density at radius 3 is 2.64 bits per heavy atom. The molecule has 0 aliphatic carbocycles. The van der Waals surface area contributed by atoms with Crippen LogP contribution in [0.1, 0.15) is 33.6 Å². The fraction of sp³-hybridized carbons (Fsp3) is 1.00. The third-order valence-corrected chi connectivity index (χ3v) is 3.05. The third-order valence-electron chi connectivity index (χ3n) is 3.05. The van der Waals surface area contributed by atoms with Crippen molar-refractivity contribution in [3.63, 3.8) is 0 Å². The van der Waals surface area contributed by atoms with Crippen molar-refractivity contribution >= 4 is 0 Å². The van der Waals surface area contributed by atoms with Crippen LogP contribution in [-0.2, 0) is 0 Å². The molecule has 3 heteroatoms. The van der Waals surface area contributed by atoms with Gasteiger partial charge in [-0.1, -0.05) is 0 Å². The Morgan fingerprint density at radius 1 is 1.50 bits per heavy atom. The van der Waals surface area contributed by atoms with Crippen LogP contribution in [0.3, 0.4) is 0 Å². The van der Waals surface area contributed by atoms with E-state index < -0.39 is 0 Å². The Morgan fingerprint density at radius 2 is 2.14 bits per heavy atom. The lowest BCUT2D eigenvalue weighted by Crippen LogP contribution is -2.51. The molecule has 0 radical (unpaired) electrons. The molecule has 14 heavy (non-hydrogen) atoms. The lowest BCUT2D eigenvalue weighted by atomic mass is 9.97. The molecule has 0 amide bonds. The molecule has 0 aromatic rings. The van der Waals surface area contributed by atoms with Crippen LogP contribution in [0.5, 0.6) is 0 Å². The number of hydrogen-bond donors (Lipinski definition) is 2. The minimum atomic E-state index is -0.0907. The van der Waals surface area contributed by atoms with Gasteiger partial charge < -0.3 is 16.0 Å². The molecule has 1 fully saturated rings. The summed E-state index contributed by atoms with van der Waals surface area (Å²) in [5, 5.41) is 3.56. The number of hydrogen-bond acceptors (Lipinski definition) is 3. The van der Waals surface area contributed by atoms with Gasteiger partial charge in [0.1, 0.15) is 0 Å². The highest BCUT2D eigenvalue weighted by molar-refractivity contribution is 4.84. The fourth-order valence-corrected chi connectivity index (χ4v) is 1.88. The van der Waals surface area contributed by atoms with Crippen molar-refractivity contribution in [3.8, 4) is 0 Å². The smallest absolute Gasteiger partial charge is 0.0223 e. The van der Waals surface area contributed by atoms with Gasteiger partial charge in [0.2, 0.25) is 0 Å². The molecule has 0 spiro atoms. The minimum Gasteiger partial charge on any atom is -0.324 e. The molecule has 1 aliphatic rings. The van der Waals surface area contributed by atoms with E-state index in [0.29, 0.717) is 12.1 Å². The second-order valence-corrected chi connectivity index (χ2v) is 5.42. The van der Waals surface area contributed by atoms with E-state index in [2.05, 4.69) is 38.0 Å². The average Bonchev–Trinajstić information content (AvgIpc) is 2.06. The summed E-state index contributed by atoms with van der Waals surface area (Å²) in [5.74, 6) is 0. The molecule has 3 nitrogen and oxygen atoms in total. The van der Waals surface area contributed by atoms with Gasteiger partial charge in [-0.3, -0.25) is 0 Å².